The van der Waals surface area contributed by atoms with Crippen LogP contribution in [0, 0.1) is 6.92 Å². The Morgan fingerprint density at radius 1 is 1.41 bits per heavy atom. The predicted molar refractivity (Wildman–Crippen MR) is 72.0 cm³/mol. The quantitative estimate of drug-likeness (QED) is 0.791. The minimum absolute atomic E-state index is 0.563. The first-order valence-electron chi connectivity index (χ1n) is 6.55. The highest BCUT2D eigenvalue weighted by Crippen LogP contribution is 2.17. The summed E-state index contributed by atoms with van der Waals surface area (Å²) in [6, 6.07) is 2.73. The van der Waals surface area contributed by atoms with Crippen LogP contribution < -0.4 is 5.32 Å². The molecule has 3 heteroatoms. The van der Waals surface area contributed by atoms with Crippen molar-refractivity contribution in [3.05, 3.63) is 23.2 Å². The van der Waals surface area contributed by atoms with Crippen molar-refractivity contribution in [2.24, 2.45) is 0 Å². The van der Waals surface area contributed by atoms with Gasteiger partial charge < -0.3 is 9.73 Å². The monoisotopic (exact) mass is 238 g/mol. The fraction of sp³-hybridized carbons (Fsp3) is 0.714. The van der Waals surface area contributed by atoms with Crippen LogP contribution in [0.15, 0.2) is 10.5 Å². The Labute approximate surface area is 105 Å². The molecule has 0 saturated heterocycles. The normalized spacial score (nSPS) is 11.7. The molecule has 1 rings (SSSR count). The molecule has 0 aliphatic rings. The summed E-state index contributed by atoms with van der Waals surface area (Å²) >= 11 is 0. The number of aryl methyl sites for hydroxylation is 1. The van der Waals surface area contributed by atoms with Crippen molar-refractivity contribution in [2.45, 2.75) is 53.2 Å². The number of nitrogens with one attached hydrogen (secondary N) is 1. The Bertz CT molecular complexity index is 331. The van der Waals surface area contributed by atoms with Gasteiger partial charge in [-0.1, -0.05) is 6.92 Å². The van der Waals surface area contributed by atoms with Crippen LogP contribution >= 0.6 is 0 Å². The van der Waals surface area contributed by atoms with Gasteiger partial charge in [-0.3, -0.25) is 4.90 Å². The summed E-state index contributed by atoms with van der Waals surface area (Å²) < 4.78 is 5.88. The number of hydrogen-bond donors (Lipinski definition) is 1. The van der Waals surface area contributed by atoms with Gasteiger partial charge in [0.1, 0.15) is 11.5 Å². The molecule has 17 heavy (non-hydrogen) atoms. The molecule has 3 nitrogen and oxygen atoms in total. The summed E-state index contributed by atoms with van der Waals surface area (Å²) in [5.74, 6) is 2.14. The summed E-state index contributed by atoms with van der Waals surface area (Å²) in [5.41, 5.74) is 1.24. The lowest BCUT2D eigenvalue weighted by Gasteiger charge is -2.24. The van der Waals surface area contributed by atoms with E-state index in [1.807, 2.05) is 7.05 Å². The molecule has 98 valence electrons. The minimum atomic E-state index is 0.563. The van der Waals surface area contributed by atoms with E-state index in [1.165, 1.54) is 12.0 Å². The van der Waals surface area contributed by atoms with Crippen molar-refractivity contribution in [3.63, 3.8) is 0 Å². The first-order chi connectivity index (χ1) is 8.08. The second-order valence-electron chi connectivity index (χ2n) is 4.91. The smallest absolute Gasteiger partial charge is 0.120 e. The van der Waals surface area contributed by atoms with Crippen LogP contribution in [0.4, 0.5) is 0 Å². The highest BCUT2D eigenvalue weighted by atomic mass is 16.3. The van der Waals surface area contributed by atoms with Crippen LogP contribution in [-0.4, -0.2) is 24.5 Å². The van der Waals surface area contributed by atoms with Gasteiger partial charge in [0, 0.05) is 6.04 Å². The maximum atomic E-state index is 5.88. The largest absolute Gasteiger partial charge is 0.463 e. The molecule has 1 N–H and O–H groups in total. The molecule has 0 amide bonds. The predicted octanol–water partition coefficient (Wildman–Crippen LogP) is 2.93. The lowest BCUT2D eigenvalue weighted by atomic mass is 10.2. The first-order valence-corrected chi connectivity index (χ1v) is 6.55. The van der Waals surface area contributed by atoms with Crippen LogP contribution in [0.2, 0.25) is 0 Å². The van der Waals surface area contributed by atoms with E-state index in [2.05, 4.69) is 44.0 Å². The first kappa shape index (κ1) is 14.3. The zero-order valence-corrected chi connectivity index (χ0v) is 11.8. The molecular weight excluding hydrogens is 212 g/mol. The topological polar surface area (TPSA) is 28.4 Å². The Hall–Kier alpha value is -0.800. The van der Waals surface area contributed by atoms with Crippen LogP contribution in [0.25, 0.3) is 0 Å². The fourth-order valence-corrected chi connectivity index (χ4v) is 2.01. The van der Waals surface area contributed by atoms with Crippen molar-refractivity contribution in [1.29, 1.82) is 0 Å². The van der Waals surface area contributed by atoms with Crippen LogP contribution in [0.1, 0.15) is 44.3 Å². The Kier molecular flexibility index (Phi) is 5.72. The molecule has 0 aromatic carbocycles. The minimum Gasteiger partial charge on any atom is -0.463 e. The molecule has 1 aromatic rings. The van der Waals surface area contributed by atoms with Crippen molar-refractivity contribution in [2.75, 3.05) is 13.6 Å². The lowest BCUT2D eigenvalue weighted by Crippen LogP contribution is -2.30. The van der Waals surface area contributed by atoms with Gasteiger partial charge in [-0.25, -0.2) is 0 Å². The van der Waals surface area contributed by atoms with Crippen LogP contribution in [-0.2, 0) is 13.1 Å². The summed E-state index contributed by atoms with van der Waals surface area (Å²) in [6.07, 6.45) is 1.18. The number of hydrogen-bond acceptors (Lipinski definition) is 3. The Morgan fingerprint density at radius 2 is 2.12 bits per heavy atom. The Balaban J connectivity index is 2.69. The molecule has 0 unspecified atom stereocenters. The van der Waals surface area contributed by atoms with Gasteiger partial charge in [0.25, 0.3) is 0 Å². The molecule has 0 fully saturated rings. The molecule has 0 bridgehead atoms. The lowest BCUT2D eigenvalue weighted by molar-refractivity contribution is 0.195. The molecule has 1 aromatic heterocycles. The van der Waals surface area contributed by atoms with E-state index < -0.39 is 0 Å². The maximum Gasteiger partial charge on any atom is 0.120 e. The molecule has 0 aliphatic carbocycles. The standard InChI is InChI=1S/C14H26N2O/c1-6-7-16(11(2)3)10-13-8-12(4)14(17-13)9-15-5/h8,11,15H,6-7,9-10H2,1-5H3. The third-order valence-corrected chi connectivity index (χ3v) is 3.01. The second kappa shape index (κ2) is 6.82. The second-order valence-corrected chi connectivity index (χ2v) is 4.91. The molecule has 0 atom stereocenters. The van der Waals surface area contributed by atoms with E-state index in [-0.39, 0.29) is 0 Å². The number of nitrogens with zero attached hydrogens (tertiary/aromatic N) is 1. The molecule has 0 saturated carbocycles. The van der Waals surface area contributed by atoms with Crippen molar-refractivity contribution in [3.8, 4) is 0 Å². The summed E-state index contributed by atoms with van der Waals surface area (Å²) in [4.78, 5) is 2.45. The van der Waals surface area contributed by atoms with Gasteiger partial charge in [0.15, 0.2) is 0 Å². The average Bonchev–Trinajstić information content (AvgIpc) is 2.59. The van der Waals surface area contributed by atoms with Gasteiger partial charge in [-0.05, 0) is 52.4 Å². The summed E-state index contributed by atoms with van der Waals surface area (Å²) in [7, 11) is 1.94. The summed E-state index contributed by atoms with van der Waals surface area (Å²) in [5, 5.41) is 3.13. The van der Waals surface area contributed by atoms with Crippen molar-refractivity contribution < 1.29 is 4.42 Å². The van der Waals surface area contributed by atoms with Crippen molar-refractivity contribution in [1.82, 2.24) is 10.2 Å². The fourth-order valence-electron chi connectivity index (χ4n) is 2.01. The van der Waals surface area contributed by atoms with E-state index in [1.54, 1.807) is 0 Å². The Morgan fingerprint density at radius 3 is 2.65 bits per heavy atom. The van der Waals surface area contributed by atoms with E-state index in [0.29, 0.717) is 6.04 Å². The van der Waals surface area contributed by atoms with Gasteiger partial charge in [0.2, 0.25) is 0 Å². The van der Waals surface area contributed by atoms with E-state index >= 15 is 0 Å². The van der Waals surface area contributed by atoms with E-state index in [4.69, 9.17) is 4.42 Å². The highest BCUT2D eigenvalue weighted by molar-refractivity contribution is 5.20. The molecule has 0 aliphatic heterocycles. The number of rotatable bonds is 7. The third-order valence-electron chi connectivity index (χ3n) is 3.01. The van der Waals surface area contributed by atoms with Crippen LogP contribution in [0.3, 0.4) is 0 Å². The van der Waals surface area contributed by atoms with Gasteiger partial charge in [-0.15, -0.1) is 0 Å². The maximum absolute atomic E-state index is 5.88. The zero-order chi connectivity index (χ0) is 12.8. The van der Waals surface area contributed by atoms with Crippen molar-refractivity contribution >= 4 is 0 Å². The molecule has 0 radical (unpaired) electrons. The third kappa shape index (κ3) is 4.17. The SMILES string of the molecule is CCCN(Cc1cc(C)c(CNC)o1)C(C)C. The van der Waals surface area contributed by atoms with Gasteiger partial charge in [-0.2, -0.15) is 0 Å². The number of furan rings is 1. The van der Waals surface area contributed by atoms with Crippen LogP contribution in [0.5, 0.6) is 0 Å². The zero-order valence-electron chi connectivity index (χ0n) is 11.8. The highest BCUT2D eigenvalue weighted by Gasteiger charge is 2.13. The molecule has 0 spiro atoms. The molecular formula is C14H26N2O. The summed E-state index contributed by atoms with van der Waals surface area (Å²) in [6.45, 7) is 11.6. The van der Waals surface area contributed by atoms with Gasteiger partial charge in [0.05, 0.1) is 13.1 Å². The van der Waals surface area contributed by atoms with E-state index in [9.17, 15) is 0 Å². The van der Waals surface area contributed by atoms with E-state index in [0.717, 1.165) is 31.2 Å². The van der Waals surface area contributed by atoms with Gasteiger partial charge >= 0.3 is 0 Å². The molecule has 1 heterocycles. The average molecular weight is 238 g/mol.